The monoisotopic (exact) mass is 211 g/mol. The largest absolute Gasteiger partial charge is 0.379 e. The second kappa shape index (κ2) is 4.69. The Hall–Kier alpha value is -0.700. The third kappa shape index (κ3) is 2.41. The number of para-hydroxylation sites is 1. The van der Waals surface area contributed by atoms with Crippen LogP contribution in [0.1, 0.15) is 12.8 Å². The van der Waals surface area contributed by atoms with Gasteiger partial charge < -0.3 is 5.32 Å². The van der Waals surface area contributed by atoms with Crippen molar-refractivity contribution in [3.8, 4) is 0 Å². The SMILES string of the molecule is Fc1ccccc1N[C@@H]1CCCSC1. The number of nitrogens with one attached hydrogen (secondary N) is 1. The van der Waals surface area contributed by atoms with E-state index in [0.717, 1.165) is 12.2 Å². The Balaban J connectivity index is 1.99. The first-order chi connectivity index (χ1) is 6.86. The van der Waals surface area contributed by atoms with Gasteiger partial charge in [-0.1, -0.05) is 12.1 Å². The van der Waals surface area contributed by atoms with E-state index in [2.05, 4.69) is 5.32 Å². The van der Waals surface area contributed by atoms with Gasteiger partial charge in [-0.2, -0.15) is 11.8 Å². The van der Waals surface area contributed by atoms with Gasteiger partial charge in [0, 0.05) is 11.8 Å². The van der Waals surface area contributed by atoms with Crippen LogP contribution < -0.4 is 5.32 Å². The van der Waals surface area contributed by atoms with Gasteiger partial charge in [-0.25, -0.2) is 4.39 Å². The summed E-state index contributed by atoms with van der Waals surface area (Å²) in [5.41, 5.74) is 0.639. The lowest BCUT2D eigenvalue weighted by atomic mass is 10.1. The lowest BCUT2D eigenvalue weighted by Gasteiger charge is -2.23. The van der Waals surface area contributed by atoms with Crippen molar-refractivity contribution >= 4 is 17.4 Å². The van der Waals surface area contributed by atoms with E-state index in [0.29, 0.717) is 11.7 Å². The normalized spacial score (nSPS) is 21.9. The molecule has 1 aromatic carbocycles. The van der Waals surface area contributed by atoms with Crippen molar-refractivity contribution in [2.24, 2.45) is 0 Å². The van der Waals surface area contributed by atoms with Crippen LogP contribution in [0.15, 0.2) is 24.3 Å². The van der Waals surface area contributed by atoms with Crippen molar-refractivity contribution < 1.29 is 4.39 Å². The highest BCUT2D eigenvalue weighted by molar-refractivity contribution is 7.99. The fourth-order valence-corrected chi connectivity index (χ4v) is 2.72. The highest BCUT2D eigenvalue weighted by Crippen LogP contribution is 2.22. The third-order valence-electron chi connectivity index (χ3n) is 2.39. The van der Waals surface area contributed by atoms with Crippen LogP contribution in [0, 0.1) is 5.82 Å². The first kappa shape index (κ1) is 9.84. The summed E-state index contributed by atoms with van der Waals surface area (Å²) in [6.45, 7) is 0. The molecule has 1 fully saturated rings. The van der Waals surface area contributed by atoms with E-state index in [4.69, 9.17) is 0 Å². The van der Waals surface area contributed by atoms with Crippen LogP contribution in [0.2, 0.25) is 0 Å². The van der Waals surface area contributed by atoms with E-state index in [1.54, 1.807) is 12.1 Å². The molecule has 1 aromatic rings. The molecule has 1 atom stereocenters. The molecular formula is C11H14FNS. The van der Waals surface area contributed by atoms with Crippen molar-refractivity contribution in [1.82, 2.24) is 0 Å². The van der Waals surface area contributed by atoms with Gasteiger partial charge in [0.05, 0.1) is 5.69 Å². The molecule has 0 radical (unpaired) electrons. The minimum atomic E-state index is -0.150. The molecule has 0 aliphatic carbocycles. The second-order valence-corrected chi connectivity index (χ2v) is 4.69. The first-order valence-electron chi connectivity index (χ1n) is 4.95. The van der Waals surface area contributed by atoms with Gasteiger partial charge in [0.25, 0.3) is 0 Å². The molecule has 0 aromatic heterocycles. The van der Waals surface area contributed by atoms with Crippen molar-refractivity contribution in [2.75, 3.05) is 16.8 Å². The van der Waals surface area contributed by atoms with E-state index in [1.807, 2.05) is 17.8 Å². The Bertz CT molecular complexity index is 297. The maximum absolute atomic E-state index is 13.3. The number of hydrogen-bond acceptors (Lipinski definition) is 2. The van der Waals surface area contributed by atoms with Crippen LogP contribution >= 0.6 is 11.8 Å². The van der Waals surface area contributed by atoms with Crippen molar-refractivity contribution in [3.63, 3.8) is 0 Å². The lowest BCUT2D eigenvalue weighted by Crippen LogP contribution is -2.26. The summed E-state index contributed by atoms with van der Waals surface area (Å²) in [7, 11) is 0. The van der Waals surface area contributed by atoms with Crippen LogP contribution in [0.5, 0.6) is 0 Å². The highest BCUT2D eigenvalue weighted by Gasteiger charge is 2.14. The Kier molecular flexibility index (Phi) is 3.30. The summed E-state index contributed by atoms with van der Waals surface area (Å²) in [6, 6.07) is 7.32. The zero-order valence-electron chi connectivity index (χ0n) is 8.00. The Morgan fingerprint density at radius 2 is 2.21 bits per heavy atom. The van der Waals surface area contributed by atoms with Gasteiger partial charge in [-0.15, -0.1) is 0 Å². The number of hydrogen-bond donors (Lipinski definition) is 1. The minimum absolute atomic E-state index is 0.150. The predicted octanol–water partition coefficient (Wildman–Crippen LogP) is 3.13. The smallest absolute Gasteiger partial charge is 0.146 e. The first-order valence-corrected chi connectivity index (χ1v) is 6.10. The van der Waals surface area contributed by atoms with E-state index in [9.17, 15) is 4.39 Å². The van der Waals surface area contributed by atoms with Gasteiger partial charge in [-0.3, -0.25) is 0 Å². The molecule has 1 saturated heterocycles. The standard InChI is InChI=1S/C11H14FNS/c12-10-5-1-2-6-11(10)13-9-4-3-7-14-8-9/h1-2,5-6,9,13H,3-4,7-8H2/t9-/m1/s1. The Morgan fingerprint density at radius 1 is 1.36 bits per heavy atom. The average Bonchev–Trinajstić information content (AvgIpc) is 2.23. The molecule has 1 N–H and O–H groups in total. The molecule has 0 unspecified atom stereocenters. The quantitative estimate of drug-likeness (QED) is 0.806. The van der Waals surface area contributed by atoms with E-state index >= 15 is 0 Å². The van der Waals surface area contributed by atoms with Crippen LogP contribution in [0.4, 0.5) is 10.1 Å². The van der Waals surface area contributed by atoms with Crippen LogP contribution in [0.3, 0.4) is 0 Å². The summed E-state index contributed by atoms with van der Waals surface area (Å²) < 4.78 is 13.3. The van der Waals surface area contributed by atoms with E-state index in [-0.39, 0.29) is 5.82 Å². The fourth-order valence-electron chi connectivity index (χ4n) is 1.65. The van der Waals surface area contributed by atoms with Gasteiger partial charge in [-0.05, 0) is 30.7 Å². The molecule has 14 heavy (non-hydrogen) atoms. The lowest BCUT2D eigenvalue weighted by molar-refractivity contribution is 0.620. The summed E-state index contributed by atoms with van der Waals surface area (Å²) in [5, 5.41) is 3.25. The van der Waals surface area contributed by atoms with Crippen LogP contribution in [-0.2, 0) is 0 Å². The van der Waals surface area contributed by atoms with Crippen LogP contribution in [0.25, 0.3) is 0 Å². The summed E-state index contributed by atoms with van der Waals surface area (Å²) in [4.78, 5) is 0. The van der Waals surface area contributed by atoms with Crippen molar-refractivity contribution in [3.05, 3.63) is 30.1 Å². The van der Waals surface area contributed by atoms with Gasteiger partial charge in [0.1, 0.15) is 5.82 Å². The second-order valence-electron chi connectivity index (χ2n) is 3.54. The summed E-state index contributed by atoms with van der Waals surface area (Å²) in [5.74, 6) is 2.19. The topological polar surface area (TPSA) is 12.0 Å². The van der Waals surface area contributed by atoms with Crippen molar-refractivity contribution in [1.29, 1.82) is 0 Å². The maximum Gasteiger partial charge on any atom is 0.146 e. The molecule has 1 aliphatic heterocycles. The molecule has 1 heterocycles. The molecule has 76 valence electrons. The molecule has 1 nitrogen and oxygen atoms in total. The molecule has 1 aliphatic rings. The molecule has 3 heteroatoms. The molecular weight excluding hydrogens is 197 g/mol. The molecule has 0 bridgehead atoms. The molecule has 2 rings (SSSR count). The maximum atomic E-state index is 13.3. The zero-order chi connectivity index (χ0) is 9.80. The molecule has 0 saturated carbocycles. The molecule has 0 amide bonds. The average molecular weight is 211 g/mol. The van der Waals surface area contributed by atoms with Crippen LogP contribution in [-0.4, -0.2) is 17.5 Å². The Labute approximate surface area is 88.1 Å². The number of halogens is 1. The van der Waals surface area contributed by atoms with E-state index in [1.165, 1.54) is 18.2 Å². The highest BCUT2D eigenvalue weighted by atomic mass is 32.2. The number of anilines is 1. The predicted molar refractivity (Wildman–Crippen MR) is 60.4 cm³/mol. The minimum Gasteiger partial charge on any atom is -0.379 e. The van der Waals surface area contributed by atoms with E-state index < -0.39 is 0 Å². The van der Waals surface area contributed by atoms with Gasteiger partial charge >= 0.3 is 0 Å². The zero-order valence-corrected chi connectivity index (χ0v) is 8.82. The molecule has 0 spiro atoms. The Morgan fingerprint density at radius 3 is 2.93 bits per heavy atom. The van der Waals surface area contributed by atoms with Gasteiger partial charge in [0.15, 0.2) is 0 Å². The summed E-state index contributed by atoms with van der Waals surface area (Å²) in [6.07, 6.45) is 2.39. The third-order valence-corrected chi connectivity index (χ3v) is 3.61. The number of benzene rings is 1. The van der Waals surface area contributed by atoms with Crippen molar-refractivity contribution in [2.45, 2.75) is 18.9 Å². The summed E-state index contributed by atoms with van der Waals surface area (Å²) >= 11 is 1.94. The fraction of sp³-hybridized carbons (Fsp3) is 0.455. The number of rotatable bonds is 2. The number of thioether (sulfide) groups is 1. The van der Waals surface area contributed by atoms with Gasteiger partial charge in [0.2, 0.25) is 0 Å².